The van der Waals surface area contributed by atoms with Crippen molar-refractivity contribution in [1.29, 1.82) is 0 Å². The lowest BCUT2D eigenvalue weighted by atomic mass is 10.2. The first-order valence-electron chi connectivity index (χ1n) is 5.00. The molecule has 0 radical (unpaired) electrons. The van der Waals surface area contributed by atoms with Gasteiger partial charge in [-0.3, -0.25) is 9.59 Å². The van der Waals surface area contributed by atoms with Crippen LogP contribution in [0.4, 0.5) is 0 Å². The molecule has 7 nitrogen and oxygen atoms in total. The zero-order valence-corrected chi connectivity index (χ0v) is 9.60. The molecule has 1 heterocycles. The Hall–Kier alpha value is -1.89. The van der Waals surface area contributed by atoms with Crippen molar-refractivity contribution in [2.45, 2.75) is 26.0 Å². The fraction of sp³-hybridized carbons (Fsp3) is 0.500. The van der Waals surface area contributed by atoms with Gasteiger partial charge in [0.25, 0.3) is 5.91 Å². The number of nitrogens with one attached hydrogen (secondary N) is 1. The molecule has 0 aliphatic carbocycles. The highest BCUT2D eigenvalue weighted by molar-refractivity contribution is 5.92. The van der Waals surface area contributed by atoms with Crippen molar-refractivity contribution in [1.82, 2.24) is 10.5 Å². The first kappa shape index (κ1) is 13.2. The number of ether oxygens (including phenoxy) is 1. The second-order valence-electron chi connectivity index (χ2n) is 3.58. The molecule has 1 atom stereocenters. The molecular formula is C10H14N2O5. The molecule has 1 aromatic rings. The van der Waals surface area contributed by atoms with Gasteiger partial charge in [0, 0.05) is 19.2 Å². The van der Waals surface area contributed by atoms with Crippen LogP contribution in [0.3, 0.4) is 0 Å². The maximum absolute atomic E-state index is 11.6. The van der Waals surface area contributed by atoms with Crippen LogP contribution >= 0.6 is 0 Å². The maximum Gasteiger partial charge on any atom is 0.305 e. The summed E-state index contributed by atoms with van der Waals surface area (Å²) in [5.41, 5.74) is 0.106. The third-order valence-corrected chi connectivity index (χ3v) is 1.94. The van der Waals surface area contributed by atoms with Crippen molar-refractivity contribution in [3.05, 3.63) is 17.5 Å². The lowest BCUT2D eigenvalue weighted by molar-refractivity contribution is -0.137. The van der Waals surface area contributed by atoms with Crippen molar-refractivity contribution < 1.29 is 24.0 Å². The number of hydrogen-bond acceptors (Lipinski definition) is 5. The van der Waals surface area contributed by atoms with Crippen LogP contribution in [0.5, 0.6) is 0 Å². The topological polar surface area (TPSA) is 102 Å². The summed E-state index contributed by atoms with van der Waals surface area (Å²) in [6.45, 7) is 1.83. The van der Waals surface area contributed by atoms with E-state index >= 15 is 0 Å². The van der Waals surface area contributed by atoms with Crippen molar-refractivity contribution >= 4 is 11.9 Å². The van der Waals surface area contributed by atoms with E-state index in [9.17, 15) is 9.59 Å². The van der Waals surface area contributed by atoms with Crippen molar-refractivity contribution in [2.75, 3.05) is 7.11 Å². The van der Waals surface area contributed by atoms with E-state index in [1.165, 1.54) is 13.2 Å². The number of hydrogen-bond donors (Lipinski definition) is 2. The average Bonchev–Trinajstić information content (AvgIpc) is 2.65. The van der Waals surface area contributed by atoms with Gasteiger partial charge in [-0.05, 0) is 6.92 Å². The van der Waals surface area contributed by atoms with Crippen LogP contribution < -0.4 is 5.32 Å². The van der Waals surface area contributed by atoms with Crippen LogP contribution in [0.25, 0.3) is 0 Å². The predicted octanol–water partition coefficient (Wildman–Crippen LogP) is 0.414. The number of methoxy groups -OCH3 is 1. The Kier molecular flexibility index (Phi) is 4.65. The van der Waals surface area contributed by atoms with Gasteiger partial charge < -0.3 is 19.7 Å². The SMILES string of the molecule is COCc1cc(C(=O)NC(C)CC(=O)O)no1. The Morgan fingerprint density at radius 1 is 1.65 bits per heavy atom. The Labute approximate surface area is 97.7 Å². The molecule has 0 aliphatic rings. The predicted molar refractivity (Wildman–Crippen MR) is 56.4 cm³/mol. The molecule has 0 fully saturated rings. The first-order valence-corrected chi connectivity index (χ1v) is 5.00. The van der Waals surface area contributed by atoms with Crippen LogP contribution in [0.1, 0.15) is 29.6 Å². The van der Waals surface area contributed by atoms with E-state index in [-0.39, 0.29) is 18.7 Å². The maximum atomic E-state index is 11.6. The Morgan fingerprint density at radius 2 is 2.35 bits per heavy atom. The van der Waals surface area contributed by atoms with Crippen LogP contribution in [0, 0.1) is 0 Å². The third kappa shape index (κ3) is 4.23. The molecule has 0 aliphatic heterocycles. The minimum Gasteiger partial charge on any atom is -0.481 e. The number of aliphatic carboxylic acids is 1. The minimum atomic E-state index is -0.974. The summed E-state index contributed by atoms with van der Waals surface area (Å²) in [5.74, 6) is -1.01. The molecule has 94 valence electrons. The van der Waals surface area contributed by atoms with Gasteiger partial charge >= 0.3 is 5.97 Å². The molecule has 0 saturated heterocycles. The summed E-state index contributed by atoms with van der Waals surface area (Å²) in [5, 5.41) is 14.6. The molecule has 0 spiro atoms. The van der Waals surface area contributed by atoms with Gasteiger partial charge in [-0.25, -0.2) is 0 Å². The first-order chi connectivity index (χ1) is 8.02. The van der Waals surface area contributed by atoms with Gasteiger partial charge in [0.15, 0.2) is 11.5 Å². The van der Waals surface area contributed by atoms with Crippen LogP contribution in [0.15, 0.2) is 10.6 Å². The zero-order valence-electron chi connectivity index (χ0n) is 9.60. The lowest BCUT2D eigenvalue weighted by Crippen LogP contribution is -2.34. The highest BCUT2D eigenvalue weighted by Crippen LogP contribution is 2.05. The molecule has 0 bridgehead atoms. The van der Waals surface area contributed by atoms with Gasteiger partial charge in [-0.2, -0.15) is 0 Å². The van der Waals surface area contributed by atoms with Crippen molar-refractivity contribution in [3.8, 4) is 0 Å². The number of carbonyl (C=O) groups is 2. The van der Waals surface area contributed by atoms with E-state index in [1.54, 1.807) is 6.92 Å². The van der Waals surface area contributed by atoms with E-state index in [0.29, 0.717) is 5.76 Å². The summed E-state index contributed by atoms with van der Waals surface area (Å²) in [4.78, 5) is 22.0. The minimum absolute atomic E-state index is 0.106. The van der Waals surface area contributed by atoms with Gasteiger partial charge in [0.1, 0.15) is 6.61 Å². The number of carboxylic acid groups (broad SMARTS) is 1. The highest BCUT2D eigenvalue weighted by atomic mass is 16.5. The number of rotatable bonds is 6. The van der Waals surface area contributed by atoms with Gasteiger partial charge in [-0.1, -0.05) is 5.16 Å². The number of aromatic nitrogens is 1. The zero-order chi connectivity index (χ0) is 12.8. The molecule has 1 rings (SSSR count). The summed E-state index contributed by atoms with van der Waals surface area (Å²) in [6.07, 6.45) is -0.144. The second kappa shape index (κ2) is 6.00. The van der Waals surface area contributed by atoms with Crippen molar-refractivity contribution in [2.24, 2.45) is 0 Å². The molecule has 7 heteroatoms. The number of carbonyl (C=O) groups excluding carboxylic acids is 1. The second-order valence-corrected chi connectivity index (χ2v) is 3.58. The average molecular weight is 242 g/mol. The molecular weight excluding hydrogens is 228 g/mol. The number of carboxylic acids is 1. The Balaban J connectivity index is 2.54. The van der Waals surface area contributed by atoms with Crippen LogP contribution in [-0.2, 0) is 16.1 Å². The fourth-order valence-electron chi connectivity index (χ4n) is 1.24. The fourth-order valence-corrected chi connectivity index (χ4v) is 1.24. The molecule has 0 saturated carbocycles. The molecule has 2 N–H and O–H groups in total. The lowest BCUT2D eigenvalue weighted by Gasteiger charge is -2.09. The quantitative estimate of drug-likeness (QED) is 0.749. The van der Waals surface area contributed by atoms with Gasteiger partial charge in [-0.15, -0.1) is 0 Å². The Morgan fingerprint density at radius 3 is 2.94 bits per heavy atom. The summed E-state index contributed by atoms with van der Waals surface area (Å²) >= 11 is 0. The highest BCUT2D eigenvalue weighted by Gasteiger charge is 2.16. The van der Waals surface area contributed by atoms with E-state index in [0.717, 1.165) is 0 Å². The van der Waals surface area contributed by atoms with E-state index < -0.39 is 17.9 Å². The smallest absolute Gasteiger partial charge is 0.305 e. The van der Waals surface area contributed by atoms with E-state index in [4.69, 9.17) is 14.4 Å². The molecule has 1 unspecified atom stereocenters. The number of amides is 1. The van der Waals surface area contributed by atoms with E-state index in [1.807, 2.05) is 0 Å². The van der Waals surface area contributed by atoms with Gasteiger partial charge in [0.05, 0.1) is 6.42 Å². The van der Waals surface area contributed by atoms with Crippen molar-refractivity contribution in [3.63, 3.8) is 0 Å². The largest absolute Gasteiger partial charge is 0.481 e. The molecule has 0 aromatic carbocycles. The molecule has 1 aromatic heterocycles. The summed E-state index contributed by atoms with van der Waals surface area (Å²) in [6, 6.07) is 0.981. The monoisotopic (exact) mass is 242 g/mol. The summed E-state index contributed by atoms with van der Waals surface area (Å²) in [7, 11) is 1.50. The Bertz CT molecular complexity index is 401. The number of nitrogens with zero attached hydrogens (tertiary/aromatic N) is 1. The normalized spacial score (nSPS) is 12.1. The molecule has 17 heavy (non-hydrogen) atoms. The third-order valence-electron chi connectivity index (χ3n) is 1.94. The summed E-state index contributed by atoms with van der Waals surface area (Å²) < 4.78 is 9.65. The molecule has 1 amide bonds. The van der Waals surface area contributed by atoms with Crippen LogP contribution in [0.2, 0.25) is 0 Å². The standard InChI is InChI=1S/C10H14N2O5/c1-6(3-9(13)14)11-10(15)8-4-7(5-16-2)17-12-8/h4,6H,3,5H2,1-2H3,(H,11,15)(H,13,14). The van der Waals surface area contributed by atoms with Gasteiger partial charge in [0.2, 0.25) is 0 Å². The van der Waals surface area contributed by atoms with Crippen LogP contribution in [-0.4, -0.2) is 35.3 Å². The van der Waals surface area contributed by atoms with E-state index in [2.05, 4.69) is 10.5 Å².